The molecule has 132 valence electrons. The first kappa shape index (κ1) is 15.5. The summed E-state index contributed by atoms with van der Waals surface area (Å²) in [6.45, 7) is 5.06. The van der Waals surface area contributed by atoms with E-state index in [0.717, 1.165) is 30.6 Å². The molecule has 1 spiro atoms. The number of hydrogen-bond acceptors (Lipinski definition) is 2. The Hall–Kier alpha value is -0.790. The molecule has 0 unspecified atom stereocenters. The lowest BCUT2D eigenvalue weighted by atomic mass is 9.47. The van der Waals surface area contributed by atoms with Gasteiger partial charge >= 0.3 is 5.97 Å². The molecule has 1 heterocycles. The summed E-state index contributed by atoms with van der Waals surface area (Å²) in [6, 6.07) is 0. The predicted octanol–water partition coefficient (Wildman–Crippen LogP) is 5.42. The fraction of sp³-hybridized carbons (Fsp3) is 0.864. The van der Waals surface area contributed by atoms with Crippen molar-refractivity contribution in [2.75, 3.05) is 0 Å². The molecule has 5 rings (SSSR count). The van der Waals surface area contributed by atoms with Crippen LogP contribution >= 0.6 is 0 Å². The minimum absolute atomic E-state index is 0.0593. The maximum Gasteiger partial charge on any atom is 0.306 e. The van der Waals surface area contributed by atoms with Gasteiger partial charge in [0.25, 0.3) is 0 Å². The van der Waals surface area contributed by atoms with Crippen molar-refractivity contribution in [1.29, 1.82) is 0 Å². The fourth-order valence-corrected chi connectivity index (χ4v) is 7.99. The van der Waals surface area contributed by atoms with E-state index in [-0.39, 0.29) is 17.0 Å². The fourth-order valence-electron chi connectivity index (χ4n) is 7.99. The molecule has 2 heteroatoms. The van der Waals surface area contributed by atoms with Crippen molar-refractivity contribution in [1.82, 2.24) is 0 Å². The van der Waals surface area contributed by atoms with E-state index in [4.69, 9.17) is 4.74 Å². The minimum atomic E-state index is -0.114. The van der Waals surface area contributed by atoms with Gasteiger partial charge in [0.2, 0.25) is 0 Å². The van der Waals surface area contributed by atoms with Crippen LogP contribution in [0, 0.1) is 28.6 Å². The molecule has 0 N–H and O–H groups in total. The smallest absolute Gasteiger partial charge is 0.306 e. The Morgan fingerprint density at radius 2 is 1.83 bits per heavy atom. The number of esters is 1. The Morgan fingerprint density at radius 3 is 2.62 bits per heavy atom. The van der Waals surface area contributed by atoms with Crippen molar-refractivity contribution < 1.29 is 9.53 Å². The second kappa shape index (κ2) is 4.89. The van der Waals surface area contributed by atoms with Crippen LogP contribution in [0.25, 0.3) is 0 Å². The highest BCUT2D eigenvalue weighted by molar-refractivity contribution is 5.72. The molecule has 0 amide bonds. The molecule has 0 aromatic heterocycles. The zero-order chi connectivity index (χ0) is 16.6. The standard InChI is InChI=1S/C22H32O2/c1-20-11-4-3-5-15(20)6-7-16-17(20)8-12-21(2)18(16)9-13-22(21)14-10-19(23)24-22/h6,16-18H,3-5,7-14H2,1-2H3/t16-,17+,18+,20+,21+,22+/m1/s1. The Labute approximate surface area is 146 Å². The van der Waals surface area contributed by atoms with Gasteiger partial charge < -0.3 is 4.74 Å². The summed E-state index contributed by atoms with van der Waals surface area (Å²) in [7, 11) is 0. The van der Waals surface area contributed by atoms with Crippen LogP contribution < -0.4 is 0 Å². The number of carbonyl (C=O) groups is 1. The average Bonchev–Trinajstić information content (AvgIpc) is 3.08. The van der Waals surface area contributed by atoms with Crippen LogP contribution in [0.3, 0.4) is 0 Å². The third-order valence-corrected chi connectivity index (χ3v) is 9.35. The lowest BCUT2D eigenvalue weighted by Gasteiger charge is -2.58. The van der Waals surface area contributed by atoms with Gasteiger partial charge in [0, 0.05) is 11.8 Å². The largest absolute Gasteiger partial charge is 0.458 e. The predicted molar refractivity (Wildman–Crippen MR) is 94.4 cm³/mol. The van der Waals surface area contributed by atoms with Crippen LogP contribution in [0.4, 0.5) is 0 Å². The van der Waals surface area contributed by atoms with Gasteiger partial charge in [-0.15, -0.1) is 0 Å². The molecule has 1 saturated heterocycles. The quantitative estimate of drug-likeness (QED) is 0.439. The highest BCUT2D eigenvalue weighted by atomic mass is 16.6. The van der Waals surface area contributed by atoms with Crippen LogP contribution in [-0.2, 0) is 9.53 Å². The van der Waals surface area contributed by atoms with Gasteiger partial charge in [-0.1, -0.05) is 31.9 Å². The van der Waals surface area contributed by atoms with Gasteiger partial charge in [-0.3, -0.25) is 4.79 Å². The molecule has 0 radical (unpaired) electrons. The Balaban J connectivity index is 1.50. The molecule has 1 aliphatic heterocycles. The van der Waals surface area contributed by atoms with E-state index in [1.165, 1.54) is 51.4 Å². The molecule has 3 saturated carbocycles. The monoisotopic (exact) mass is 328 g/mol. The first-order valence-electron chi connectivity index (χ1n) is 10.4. The summed E-state index contributed by atoms with van der Waals surface area (Å²) in [5.74, 6) is 2.53. The molecular weight excluding hydrogens is 296 g/mol. The van der Waals surface area contributed by atoms with E-state index in [0.29, 0.717) is 11.8 Å². The summed E-state index contributed by atoms with van der Waals surface area (Å²) in [6.07, 6.45) is 16.2. The Bertz CT molecular complexity index is 607. The number of ether oxygens (including phenoxy) is 1. The van der Waals surface area contributed by atoms with Gasteiger partial charge in [0.15, 0.2) is 0 Å². The van der Waals surface area contributed by atoms with Crippen molar-refractivity contribution in [2.45, 2.75) is 90.1 Å². The topological polar surface area (TPSA) is 26.3 Å². The average molecular weight is 328 g/mol. The van der Waals surface area contributed by atoms with Gasteiger partial charge in [-0.05, 0) is 81.0 Å². The molecular formula is C22H32O2. The Morgan fingerprint density at radius 1 is 1.00 bits per heavy atom. The molecule has 24 heavy (non-hydrogen) atoms. The third-order valence-electron chi connectivity index (χ3n) is 9.35. The lowest BCUT2D eigenvalue weighted by molar-refractivity contribution is -0.167. The summed E-state index contributed by atoms with van der Waals surface area (Å²) in [5, 5.41) is 0. The zero-order valence-corrected chi connectivity index (χ0v) is 15.4. The molecule has 0 aromatic carbocycles. The molecule has 6 atom stereocenters. The second-order valence-corrected chi connectivity index (χ2v) is 9.93. The van der Waals surface area contributed by atoms with Crippen molar-refractivity contribution in [3.63, 3.8) is 0 Å². The van der Waals surface area contributed by atoms with Gasteiger partial charge in [-0.25, -0.2) is 0 Å². The van der Waals surface area contributed by atoms with Gasteiger partial charge in [0.05, 0.1) is 0 Å². The number of hydrogen-bond donors (Lipinski definition) is 0. The van der Waals surface area contributed by atoms with Crippen LogP contribution in [0.2, 0.25) is 0 Å². The molecule has 0 aromatic rings. The maximum absolute atomic E-state index is 11.9. The van der Waals surface area contributed by atoms with Gasteiger partial charge in [-0.2, -0.15) is 0 Å². The van der Waals surface area contributed by atoms with E-state index in [1.807, 2.05) is 0 Å². The maximum atomic E-state index is 11.9. The van der Waals surface area contributed by atoms with E-state index in [9.17, 15) is 4.79 Å². The molecule has 4 aliphatic carbocycles. The normalized spacial score (nSPS) is 53.2. The summed E-state index contributed by atoms with van der Waals surface area (Å²) >= 11 is 0. The van der Waals surface area contributed by atoms with Gasteiger partial charge in [0.1, 0.15) is 5.60 Å². The van der Waals surface area contributed by atoms with Crippen LogP contribution in [-0.4, -0.2) is 11.6 Å². The molecule has 2 nitrogen and oxygen atoms in total. The van der Waals surface area contributed by atoms with Crippen LogP contribution in [0.5, 0.6) is 0 Å². The van der Waals surface area contributed by atoms with E-state index >= 15 is 0 Å². The SMILES string of the molecule is C[C@]12CCCCC1=CC[C@@H]1[C@@H]2CC[C@@]2(C)[C@H]1CC[C@]21CCC(=O)O1. The summed E-state index contributed by atoms with van der Waals surface area (Å²) in [4.78, 5) is 11.9. The van der Waals surface area contributed by atoms with Crippen LogP contribution in [0.15, 0.2) is 11.6 Å². The first-order valence-corrected chi connectivity index (χ1v) is 10.4. The first-order chi connectivity index (χ1) is 11.5. The minimum Gasteiger partial charge on any atom is -0.458 e. The number of fused-ring (bicyclic) bond motifs is 6. The molecule has 5 aliphatic rings. The number of rotatable bonds is 0. The number of carbonyl (C=O) groups excluding carboxylic acids is 1. The van der Waals surface area contributed by atoms with E-state index in [2.05, 4.69) is 19.9 Å². The zero-order valence-electron chi connectivity index (χ0n) is 15.4. The highest BCUT2D eigenvalue weighted by Gasteiger charge is 2.66. The Kier molecular flexibility index (Phi) is 3.15. The number of allylic oxidation sites excluding steroid dienone is 2. The van der Waals surface area contributed by atoms with Crippen LogP contribution in [0.1, 0.15) is 84.5 Å². The van der Waals surface area contributed by atoms with Crippen molar-refractivity contribution in [3.8, 4) is 0 Å². The molecule has 4 fully saturated rings. The van der Waals surface area contributed by atoms with Crippen molar-refractivity contribution in [3.05, 3.63) is 11.6 Å². The summed E-state index contributed by atoms with van der Waals surface area (Å²) < 4.78 is 6.04. The summed E-state index contributed by atoms with van der Waals surface area (Å²) in [5.41, 5.74) is 2.39. The van der Waals surface area contributed by atoms with E-state index < -0.39 is 0 Å². The van der Waals surface area contributed by atoms with Crippen molar-refractivity contribution >= 4 is 5.97 Å². The van der Waals surface area contributed by atoms with Crippen molar-refractivity contribution in [2.24, 2.45) is 28.6 Å². The lowest BCUT2D eigenvalue weighted by Crippen LogP contribution is -2.54. The van der Waals surface area contributed by atoms with E-state index in [1.54, 1.807) is 5.57 Å². The second-order valence-electron chi connectivity index (χ2n) is 9.93. The highest BCUT2D eigenvalue weighted by Crippen LogP contribution is 2.69. The molecule has 0 bridgehead atoms. The third kappa shape index (κ3) is 1.76.